The minimum atomic E-state index is -4.19. The molecule has 1 rings (SSSR count). The van der Waals surface area contributed by atoms with Gasteiger partial charge in [-0.3, -0.25) is 0 Å². The molecule has 0 saturated carbocycles. The summed E-state index contributed by atoms with van der Waals surface area (Å²) in [6.07, 6.45) is 0. The van der Waals surface area contributed by atoms with Crippen LogP contribution >= 0.6 is 11.8 Å². The maximum absolute atomic E-state index is 13.3. The van der Waals surface area contributed by atoms with Crippen molar-refractivity contribution in [3.63, 3.8) is 0 Å². The highest BCUT2D eigenvalue weighted by atomic mass is 32.2. The van der Waals surface area contributed by atoms with Crippen LogP contribution in [0, 0.1) is 12.7 Å². The molecule has 0 bridgehead atoms. The smallest absolute Gasteiger partial charge is 0.309 e. The van der Waals surface area contributed by atoms with Gasteiger partial charge in [0.25, 0.3) is 0 Å². The highest BCUT2D eigenvalue weighted by molar-refractivity contribution is 8.00. The first-order valence-corrected chi connectivity index (χ1v) is 6.48. The van der Waals surface area contributed by atoms with Crippen LogP contribution in [0.5, 0.6) is 0 Å². The molecule has 0 amide bonds. The zero-order valence-corrected chi connectivity index (χ0v) is 11.0. The highest BCUT2D eigenvalue weighted by Gasteiger charge is 2.27. The van der Waals surface area contributed by atoms with Gasteiger partial charge in [-0.25, -0.2) is 4.39 Å². The minimum Gasteiger partial charge on any atom is -0.309 e. The fourth-order valence-corrected chi connectivity index (χ4v) is 1.89. The number of alkyl halides is 3. The average molecular weight is 281 g/mol. The van der Waals surface area contributed by atoms with Crippen LogP contribution in [0.4, 0.5) is 17.6 Å². The summed E-state index contributed by atoms with van der Waals surface area (Å²) in [4.78, 5) is 0. The van der Waals surface area contributed by atoms with Crippen LogP contribution in [0.1, 0.15) is 24.1 Å². The molecule has 0 saturated heterocycles. The van der Waals surface area contributed by atoms with Gasteiger partial charge >= 0.3 is 5.51 Å². The number of hydrogen-bond acceptors (Lipinski definition) is 2. The second-order valence-electron chi connectivity index (χ2n) is 3.98. The molecule has 0 aliphatic rings. The highest BCUT2D eigenvalue weighted by Crippen LogP contribution is 2.29. The van der Waals surface area contributed by atoms with Crippen LogP contribution in [0.2, 0.25) is 0 Å². The molecular weight excluding hydrogens is 266 g/mol. The zero-order valence-electron chi connectivity index (χ0n) is 10.1. The Kier molecular flexibility index (Phi) is 5.47. The summed E-state index contributed by atoms with van der Waals surface area (Å²) >= 11 is -0.0602. The van der Waals surface area contributed by atoms with Crippen molar-refractivity contribution in [2.45, 2.75) is 25.4 Å². The molecule has 1 aromatic rings. The molecular formula is C12H15F4NS. The monoisotopic (exact) mass is 281 g/mol. The van der Waals surface area contributed by atoms with Crippen molar-refractivity contribution >= 4 is 11.8 Å². The van der Waals surface area contributed by atoms with E-state index in [9.17, 15) is 17.6 Å². The second-order valence-corrected chi connectivity index (χ2v) is 5.14. The van der Waals surface area contributed by atoms with Gasteiger partial charge < -0.3 is 5.32 Å². The van der Waals surface area contributed by atoms with E-state index in [1.165, 1.54) is 6.07 Å². The van der Waals surface area contributed by atoms with Gasteiger partial charge in [0.15, 0.2) is 0 Å². The molecule has 1 unspecified atom stereocenters. The fraction of sp³-hybridized carbons (Fsp3) is 0.500. The van der Waals surface area contributed by atoms with Crippen LogP contribution in [0.15, 0.2) is 18.2 Å². The first-order valence-electron chi connectivity index (χ1n) is 5.50. The summed E-state index contributed by atoms with van der Waals surface area (Å²) in [7, 11) is 0. The number of thioether (sulfide) groups is 1. The number of hydrogen-bond donors (Lipinski definition) is 1. The molecule has 0 aliphatic heterocycles. The maximum atomic E-state index is 13.3. The van der Waals surface area contributed by atoms with E-state index in [0.29, 0.717) is 5.56 Å². The first-order chi connectivity index (χ1) is 8.29. The largest absolute Gasteiger partial charge is 0.441 e. The molecule has 1 nitrogen and oxygen atoms in total. The summed E-state index contributed by atoms with van der Waals surface area (Å²) in [6, 6.07) is 4.67. The van der Waals surface area contributed by atoms with E-state index >= 15 is 0 Å². The predicted molar refractivity (Wildman–Crippen MR) is 66.1 cm³/mol. The number of benzene rings is 1. The van der Waals surface area contributed by atoms with E-state index in [-0.39, 0.29) is 35.9 Å². The molecule has 18 heavy (non-hydrogen) atoms. The molecule has 0 aliphatic carbocycles. The van der Waals surface area contributed by atoms with Crippen molar-refractivity contribution in [2.75, 3.05) is 12.3 Å². The lowest BCUT2D eigenvalue weighted by Gasteiger charge is -2.15. The molecule has 0 radical (unpaired) electrons. The molecule has 0 aromatic heterocycles. The third kappa shape index (κ3) is 5.27. The number of halogens is 4. The molecule has 102 valence electrons. The summed E-state index contributed by atoms with van der Waals surface area (Å²) in [5.41, 5.74) is -2.91. The Morgan fingerprint density at radius 1 is 1.33 bits per heavy atom. The van der Waals surface area contributed by atoms with Crippen LogP contribution in [-0.2, 0) is 0 Å². The Morgan fingerprint density at radius 2 is 2.00 bits per heavy atom. The topological polar surface area (TPSA) is 12.0 Å². The molecule has 0 spiro atoms. The van der Waals surface area contributed by atoms with Crippen LogP contribution in [-0.4, -0.2) is 17.8 Å². The Labute approximate surface area is 108 Å². The van der Waals surface area contributed by atoms with E-state index in [0.717, 1.165) is 5.56 Å². The van der Waals surface area contributed by atoms with Gasteiger partial charge in [0.2, 0.25) is 0 Å². The maximum Gasteiger partial charge on any atom is 0.441 e. The lowest BCUT2D eigenvalue weighted by Crippen LogP contribution is -2.22. The van der Waals surface area contributed by atoms with Gasteiger partial charge in [0.1, 0.15) is 5.82 Å². The van der Waals surface area contributed by atoms with E-state index in [1.807, 2.05) is 0 Å². The van der Waals surface area contributed by atoms with Crippen LogP contribution in [0.25, 0.3) is 0 Å². The summed E-state index contributed by atoms with van der Waals surface area (Å²) in [6.45, 7) is 3.68. The van der Waals surface area contributed by atoms with Gasteiger partial charge in [-0.2, -0.15) is 13.2 Å². The fourth-order valence-electron chi connectivity index (χ4n) is 1.44. The van der Waals surface area contributed by atoms with Gasteiger partial charge in [-0.1, -0.05) is 12.1 Å². The van der Waals surface area contributed by atoms with Gasteiger partial charge in [0.05, 0.1) is 0 Å². The zero-order chi connectivity index (χ0) is 13.8. The SMILES string of the molecule is Cc1ccc(C(C)NCCSC(F)(F)F)cc1F. The van der Waals surface area contributed by atoms with E-state index < -0.39 is 5.51 Å². The molecule has 1 N–H and O–H groups in total. The van der Waals surface area contributed by atoms with Crippen molar-refractivity contribution in [1.82, 2.24) is 5.32 Å². The minimum absolute atomic E-state index is 0.0534. The normalized spacial score (nSPS) is 13.7. The van der Waals surface area contributed by atoms with Crippen molar-refractivity contribution in [3.05, 3.63) is 35.1 Å². The van der Waals surface area contributed by atoms with E-state index in [2.05, 4.69) is 5.32 Å². The third-order valence-electron chi connectivity index (χ3n) is 2.51. The Bertz CT molecular complexity index is 392. The van der Waals surface area contributed by atoms with Gasteiger partial charge in [0, 0.05) is 18.3 Å². The average Bonchev–Trinajstić information content (AvgIpc) is 2.26. The summed E-state index contributed by atoms with van der Waals surface area (Å²) < 4.78 is 49.0. The summed E-state index contributed by atoms with van der Waals surface area (Å²) in [5.74, 6) is -0.354. The standard InChI is InChI=1S/C12H15F4NS/c1-8-3-4-10(7-11(8)13)9(2)17-5-6-18-12(14,15)16/h3-4,7,9,17H,5-6H2,1-2H3. The molecule has 0 fully saturated rings. The van der Waals surface area contributed by atoms with E-state index in [1.54, 1.807) is 26.0 Å². The molecule has 0 heterocycles. The Hall–Kier alpha value is -0.750. The molecule has 6 heteroatoms. The van der Waals surface area contributed by atoms with Crippen LogP contribution < -0.4 is 5.32 Å². The predicted octanol–water partition coefficient (Wildman–Crippen LogP) is 4.04. The number of rotatable bonds is 5. The van der Waals surface area contributed by atoms with Gasteiger partial charge in [-0.05, 0) is 42.8 Å². The Morgan fingerprint density at radius 3 is 2.56 bits per heavy atom. The molecule has 1 aromatic carbocycles. The first kappa shape index (κ1) is 15.3. The van der Waals surface area contributed by atoms with Crippen LogP contribution in [0.3, 0.4) is 0 Å². The Balaban J connectivity index is 2.41. The molecule has 1 atom stereocenters. The second kappa shape index (κ2) is 6.43. The van der Waals surface area contributed by atoms with Crippen molar-refractivity contribution < 1.29 is 17.6 Å². The van der Waals surface area contributed by atoms with Gasteiger partial charge in [-0.15, -0.1) is 0 Å². The number of nitrogens with one attached hydrogen (secondary N) is 1. The van der Waals surface area contributed by atoms with E-state index in [4.69, 9.17) is 0 Å². The third-order valence-corrected chi connectivity index (χ3v) is 3.25. The number of aryl methyl sites for hydroxylation is 1. The lowest BCUT2D eigenvalue weighted by molar-refractivity contribution is -0.0327. The van der Waals surface area contributed by atoms with Crippen molar-refractivity contribution in [1.29, 1.82) is 0 Å². The van der Waals surface area contributed by atoms with Crippen molar-refractivity contribution in [2.24, 2.45) is 0 Å². The lowest BCUT2D eigenvalue weighted by atomic mass is 10.1. The van der Waals surface area contributed by atoms with Crippen molar-refractivity contribution in [3.8, 4) is 0 Å². The quantitative estimate of drug-likeness (QED) is 0.646. The summed E-state index contributed by atoms with van der Waals surface area (Å²) in [5, 5.41) is 2.93.